The SMILES string of the molecule is C#N.C#N.C#N.C#N.C#N.C#N.[Fe].[H-].[Na+].[Ni]. The van der Waals surface area contributed by atoms with Crippen molar-refractivity contribution in [3.05, 3.63) is 0 Å². The van der Waals surface area contributed by atoms with Gasteiger partial charge in [-0.2, -0.15) is 0 Å². The van der Waals surface area contributed by atoms with Crippen LogP contribution in [-0.2, 0) is 33.6 Å². The molecule has 0 rings (SSSR count). The maximum atomic E-state index is 6.50. The standard InChI is InChI=1S/6CHN.Fe.Na.Ni.H/c6*1-2;;;;/h6*1H;;;;/q;;;;;;;+1;;-1. The third-order valence-electron chi connectivity index (χ3n) is 0. The Balaban J connectivity index is -0.00000000321. The third kappa shape index (κ3) is 1420. The molecule has 0 aliphatic rings. The maximum absolute atomic E-state index is 6.50. The van der Waals surface area contributed by atoms with Gasteiger partial charge in [0, 0.05) is 73.0 Å². The van der Waals surface area contributed by atoms with Gasteiger partial charge in [-0.1, -0.05) is 0 Å². The van der Waals surface area contributed by atoms with E-state index in [9.17, 15) is 0 Å². The second-order valence-corrected chi connectivity index (χ2v) is 0. The molecule has 0 saturated carbocycles. The average molecular weight is 301 g/mol. The molecule has 0 aliphatic heterocycles. The van der Waals surface area contributed by atoms with Crippen LogP contribution in [0.15, 0.2) is 0 Å². The summed E-state index contributed by atoms with van der Waals surface area (Å²) < 4.78 is 0. The molecule has 6 nitrogen and oxygen atoms in total. The zero-order chi connectivity index (χ0) is 12.0. The number of hydrogen-bond donors (Lipinski definition) is 0. The van der Waals surface area contributed by atoms with Crippen LogP contribution in [-0.4, -0.2) is 0 Å². The Kier molecular flexibility index (Phi) is 10700. The van der Waals surface area contributed by atoms with E-state index in [-0.39, 0.29) is 64.5 Å². The monoisotopic (exact) mass is 300 g/mol. The fourth-order valence-electron chi connectivity index (χ4n) is 0. The summed E-state index contributed by atoms with van der Waals surface area (Å²) in [5.74, 6) is 0. The molecule has 0 atom stereocenters. The molecular weight excluding hydrogens is 294 g/mol. The largest absolute Gasteiger partial charge is 1.00 e. The first-order valence-corrected chi connectivity index (χ1v) is 1.55. The van der Waals surface area contributed by atoms with Crippen molar-refractivity contribution in [2.75, 3.05) is 0 Å². The van der Waals surface area contributed by atoms with E-state index in [2.05, 4.69) is 39.4 Å². The van der Waals surface area contributed by atoms with E-state index in [4.69, 9.17) is 31.6 Å². The smallest absolute Gasteiger partial charge is 1.00 e. The van der Waals surface area contributed by atoms with E-state index in [1.165, 1.54) is 0 Å². The third-order valence-corrected chi connectivity index (χ3v) is 0. The molecule has 0 amide bonds. The number of nitrogens with zero attached hydrogens (tertiary/aromatic N) is 6. The van der Waals surface area contributed by atoms with Gasteiger partial charge >= 0.3 is 29.6 Å². The number of hydrogen-bond acceptors (Lipinski definition) is 6. The van der Waals surface area contributed by atoms with Crippen LogP contribution in [0.4, 0.5) is 0 Å². The van der Waals surface area contributed by atoms with Gasteiger partial charge < -0.3 is 1.43 Å². The summed E-state index contributed by atoms with van der Waals surface area (Å²) in [6.45, 7) is 21.0. The molecule has 80 valence electrons. The van der Waals surface area contributed by atoms with E-state index >= 15 is 0 Å². The van der Waals surface area contributed by atoms with Gasteiger partial charge in [0.25, 0.3) is 0 Å². The van der Waals surface area contributed by atoms with Crippen molar-refractivity contribution in [1.82, 2.24) is 0 Å². The normalized spacial score (nSPS) is 0.800. The molecule has 0 N–H and O–H groups in total. The number of nitriles is 6. The van der Waals surface area contributed by atoms with E-state index in [1.807, 2.05) is 0 Å². The molecule has 0 aromatic carbocycles. The fourth-order valence-corrected chi connectivity index (χ4v) is 0. The zero-order valence-electron chi connectivity index (χ0n) is 8.82. The van der Waals surface area contributed by atoms with Gasteiger partial charge in [-0.15, -0.1) is 0 Å². The van der Waals surface area contributed by atoms with Gasteiger partial charge in [-0.25, -0.2) is 31.6 Å². The first kappa shape index (κ1) is 95.4. The van der Waals surface area contributed by atoms with Crippen LogP contribution in [0.3, 0.4) is 0 Å². The molecule has 0 bridgehead atoms. The summed E-state index contributed by atoms with van der Waals surface area (Å²) in [6, 6.07) is 0. The molecule has 15 heavy (non-hydrogen) atoms. The van der Waals surface area contributed by atoms with Crippen molar-refractivity contribution in [3.63, 3.8) is 0 Å². The van der Waals surface area contributed by atoms with Crippen LogP contribution < -0.4 is 29.6 Å². The van der Waals surface area contributed by atoms with Crippen LogP contribution in [0.25, 0.3) is 0 Å². The van der Waals surface area contributed by atoms with Crippen molar-refractivity contribution >= 4 is 0 Å². The summed E-state index contributed by atoms with van der Waals surface area (Å²) in [5.41, 5.74) is 0. The molecule has 0 aliphatic carbocycles. The van der Waals surface area contributed by atoms with E-state index in [0.717, 1.165) is 0 Å². The Morgan fingerprint density at radius 1 is 0.467 bits per heavy atom. The predicted octanol–water partition coefficient (Wildman–Crippen LogP) is -2.05. The van der Waals surface area contributed by atoms with Crippen LogP contribution in [0.5, 0.6) is 0 Å². The second-order valence-electron chi connectivity index (χ2n) is 0. The summed E-state index contributed by atoms with van der Waals surface area (Å²) in [4.78, 5) is 0. The van der Waals surface area contributed by atoms with Gasteiger partial charge in [0.1, 0.15) is 0 Å². The van der Waals surface area contributed by atoms with Gasteiger partial charge in [-0.3, -0.25) is 0 Å². The van der Waals surface area contributed by atoms with Crippen molar-refractivity contribution in [1.29, 1.82) is 31.6 Å². The fraction of sp³-hybridized carbons (Fsp3) is 0. The van der Waals surface area contributed by atoms with Gasteiger partial charge in [0.2, 0.25) is 0 Å². The Labute approximate surface area is 134 Å². The van der Waals surface area contributed by atoms with Crippen LogP contribution >= 0.6 is 0 Å². The minimum Gasteiger partial charge on any atom is -1.00 e. The number of rotatable bonds is 0. The topological polar surface area (TPSA) is 143 Å². The Morgan fingerprint density at radius 2 is 0.467 bits per heavy atom. The molecule has 0 aromatic heterocycles. The van der Waals surface area contributed by atoms with E-state index in [1.54, 1.807) is 0 Å². The maximum Gasteiger partial charge on any atom is 1.00 e. The van der Waals surface area contributed by atoms with Crippen LogP contribution in [0, 0.1) is 71.0 Å². The van der Waals surface area contributed by atoms with Crippen molar-refractivity contribution in [2.24, 2.45) is 0 Å². The molecule has 0 saturated heterocycles. The minimum absolute atomic E-state index is 0. The van der Waals surface area contributed by atoms with Crippen LogP contribution in [0.1, 0.15) is 1.43 Å². The van der Waals surface area contributed by atoms with Gasteiger partial charge in [-0.05, 0) is 0 Å². The van der Waals surface area contributed by atoms with Crippen molar-refractivity contribution < 1.29 is 64.5 Å². The molecule has 0 fully saturated rings. The Hall–Kier alpha value is -1.05. The Morgan fingerprint density at radius 3 is 0.467 bits per heavy atom. The molecule has 9 heteroatoms. The molecule has 0 aromatic rings. The molecule has 0 unspecified atom stereocenters. The molecule has 0 heterocycles. The summed E-state index contributed by atoms with van der Waals surface area (Å²) in [7, 11) is 0. The first-order chi connectivity index (χ1) is 6.00. The van der Waals surface area contributed by atoms with Gasteiger partial charge in [0.05, 0.1) is 0 Å². The Bertz CT molecular complexity index is 108. The van der Waals surface area contributed by atoms with Crippen molar-refractivity contribution in [3.8, 4) is 39.4 Å². The molecule has 0 radical (unpaired) electrons. The second kappa shape index (κ2) is 1690. The van der Waals surface area contributed by atoms with Crippen LogP contribution in [0.2, 0.25) is 0 Å². The summed E-state index contributed by atoms with van der Waals surface area (Å²) >= 11 is 0. The van der Waals surface area contributed by atoms with E-state index < -0.39 is 0 Å². The average Bonchev–Trinajstić information content (AvgIpc) is 2.33. The predicted molar refractivity (Wildman–Crippen MR) is 41.1 cm³/mol. The molecular formula is C6H7FeN6NaNi. The van der Waals surface area contributed by atoms with Gasteiger partial charge in [0.15, 0.2) is 0 Å². The van der Waals surface area contributed by atoms with Crippen molar-refractivity contribution in [2.45, 2.75) is 0 Å². The quantitative estimate of drug-likeness (QED) is 0.471. The zero-order valence-corrected chi connectivity index (χ0v) is 11.9. The summed E-state index contributed by atoms with van der Waals surface area (Å²) in [5, 5.41) is 39.0. The minimum atomic E-state index is 0. The first-order valence-electron chi connectivity index (χ1n) is 1.55. The summed E-state index contributed by atoms with van der Waals surface area (Å²) in [6.07, 6.45) is 0. The molecule has 0 spiro atoms. The van der Waals surface area contributed by atoms with E-state index in [0.29, 0.717) is 0 Å².